The largest absolute Gasteiger partial charge is 0.481 e. The van der Waals surface area contributed by atoms with Gasteiger partial charge in [0.05, 0.1) is 11.3 Å². The van der Waals surface area contributed by atoms with Crippen LogP contribution in [-0.4, -0.2) is 34.5 Å². The Kier molecular flexibility index (Phi) is 4.08. The van der Waals surface area contributed by atoms with E-state index in [-0.39, 0.29) is 11.9 Å². The van der Waals surface area contributed by atoms with E-state index < -0.39 is 17.3 Å². The molecule has 1 aromatic rings. The molecule has 114 valence electrons. The zero-order valence-electron chi connectivity index (χ0n) is 13.1. The standard InChI is InChI=1S/C17H23NO3/c1-11-7-5-6-8-14(11)17(3,4)16(21)18-10-9-13(12(18)2)15(19)20/h5-8,12-13H,9-10H2,1-4H3,(H,19,20). The number of amides is 1. The first kappa shape index (κ1) is 15.5. The molecule has 0 radical (unpaired) electrons. The van der Waals surface area contributed by atoms with E-state index in [0.717, 1.165) is 11.1 Å². The maximum Gasteiger partial charge on any atom is 0.308 e. The fourth-order valence-electron chi connectivity index (χ4n) is 3.30. The summed E-state index contributed by atoms with van der Waals surface area (Å²) in [5.74, 6) is -1.26. The Labute approximate surface area is 125 Å². The molecule has 1 aliphatic rings. The van der Waals surface area contributed by atoms with Crippen molar-refractivity contribution in [3.63, 3.8) is 0 Å². The molecule has 0 spiro atoms. The molecule has 0 aromatic heterocycles. The molecule has 0 aliphatic carbocycles. The summed E-state index contributed by atoms with van der Waals surface area (Å²) in [4.78, 5) is 25.9. The van der Waals surface area contributed by atoms with Gasteiger partial charge in [-0.15, -0.1) is 0 Å². The second kappa shape index (κ2) is 5.51. The Hall–Kier alpha value is -1.84. The van der Waals surface area contributed by atoms with E-state index in [4.69, 9.17) is 0 Å². The van der Waals surface area contributed by atoms with Crippen LogP contribution >= 0.6 is 0 Å². The van der Waals surface area contributed by atoms with Gasteiger partial charge in [-0.05, 0) is 45.2 Å². The van der Waals surface area contributed by atoms with Gasteiger partial charge in [0.25, 0.3) is 0 Å². The molecule has 1 aliphatic heterocycles. The van der Waals surface area contributed by atoms with Crippen molar-refractivity contribution in [2.75, 3.05) is 6.54 Å². The van der Waals surface area contributed by atoms with Crippen LogP contribution in [0.5, 0.6) is 0 Å². The predicted octanol–water partition coefficient (Wildman–Crippen LogP) is 2.59. The SMILES string of the molecule is Cc1ccccc1C(C)(C)C(=O)N1CCC(C(=O)O)C1C. The second-order valence-corrected chi connectivity index (χ2v) is 6.41. The maximum absolute atomic E-state index is 12.9. The Bertz CT molecular complexity index is 565. The molecule has 21 heavy (non-hydrogen) atoms. The van der Waals surface area contributed by atoms with Gasteiger partial charge in [-0.3, -0.25) is 9.59 Å². The van der Waals surface area contributed by atoms with Gasteiger partial charge in [0, 0.05) is 12.6 Å². The van der Waals surface area contributed by atoms with Crippen molar-refractivity contribution in [3.8, 4) is 0 Å². The van der Waals surface area contributed by atoms with Crippen LogP contribution in [-0.2, 0) is 15.0 Å². The molecule has 1 fully saturated rings. The topological polar surface area (TPSA) is 57.6 Å². The zero-order valence-corrected chi connectivity index (χ0v) is 13.1. The van der Waals surface area contributed by atoms with E-state index >= 15 is 0 Å². The minimum absolute atomic E-state index is 0.00745. The lowest BCUT2D eigenvalue weighted by atomic mass is 9.80. The highest BCUT2D eigenvalue weighted by Gasteiger charge is 2.43. The van der Waals surface area contributed by atoms with Crippen molar-refractivity contribution in [1.82, 2.24) is 4.90 Å². The van der Waals surface area contributed by atoms with Crippen molar-refractivity contribution in [2.24, 2.45) is 5.92 Å². The first-order valence-electron chi connectivity index (χ1n) is 7.36. The molecule has 2 unspecified atom stereocenters. The van der Waals surface area contributed by atoms with Crippen LogP contribution in [0.3, 0.4) is 0 Å². The van der Waals surface area contributed by atoms with E-state index in [1.807, 2.05) is 52.0 Å². The fraction of sp³-hybridized carbons (Fsp3) is 0.529. The minimum atomic E-state index is -0.813. The molecular formula is C17H23NO3. The van der Waals surface area contributed by atoms with E-state index in [1.165, 1.54) is 0 Å². The van der Waals surface area contributed by atoms with Crippen molar-refractivity contribution in [2.45, 2.75) is 45.6 Å². The van der Waals surface area contributed by atoms with E-state index in [1.54, 1.807) is 4.90 Å². The average Bonchev–Trinajstić information content (AvgIpc) is 2.80. The first-order chi connectivity index (χ1) is 9.76. The third kappa shape index (κ3) is 2.67. The lowest BCUT2D eigenvalue weighted by Gasteiger charge is -2.33. The van der Waals surface area contributed by atoms with Crippen LogP contribution < -0.4 is 0 Å². The third-order valence-corrected chi connectivity index (χ3v) is 4.69. The van der Waals surface area contributed by atoms with Gasteiger partial charge in [-0.25, -0.2) is 0 Å². The molecule has 1 N–H and O–H groups in total. The Morgan fingerprint density at radius 1 is 1.29 bits per heavy atom. The lowest BCUT2D eigenvalue weighted by molar-refractivity contribution is -0.143. The van der Waals surface area contributed by atoms with E-state index in [2.05, 4.69) is 0 Å². The van der Waals surface area contributed by atoms with Crippen molar-refractivity contribution < 1.29 is 14.7 Å². The molecule has 1 aromatic carbocycles. The summed E-state index contributed by atoms with van der Waals surface area (Å²) in [5.41, 5.74) is 1.44. The highest BCUT2D eigenvalue weighted by molar-refractivity contribution is 5.89. The van der Waals surface area contributed by atoms with Gasteiger partial charge in [0.1, 0.15) is 0 Å². The molecule has 2 rings (SSSR count). The van der Waals surface area contributed by atoms with E-state index in [0.29, 0.717) is 13.0 Å². The van der Waals surface area contributed by atoms with Crippen LogP contribution in [0.2, 0.25) is 0 Å². The highest BCUT2D eigenvalue weighted by atomic mass is 16.4. The molecule has 4 nitrogen and oxygen atoms in total. The number of carbonyl (C=O) groups is 2. The number of carboxylic acid groups (broad SMARTS) is 1. The minimum Gasteiger partial charge on any atom is -0.481 e. The summed E-state index contributed by atoms with van der Waals surface area (Å²) < 4.78 is 0. The van der Waals surface area contributed by atoms with Crippen LogP contribution in [0, 0.1) is 12.8 Å². The summed E-state index contributed by atoms with van der Waals surface area (Å²) in [7, 11) is 0. The van der Waals surface area contributed by atoms with Gasteiger partial charge in [-0.2, -0.15) is 0 Å². The summed E-state index contributed by atoms with van der Waals surface area (Å²) >= 11 is 0. The molecule has 1 amide bonds. The third-order valence-electron chi connectivity index (χ3n) is 4.69. The monoisotopic (exact) mass is 289 g/mol. The quantitative estimate of drug-likeness (QED) is 0.930. The zero-order chi connectivity index (χ0) is 15.8. The number of benzene rings is 1. The number of aryl methyl sites for hydroxylation is 1. The number of likely N-dealkylation sites (tertiary alicyclic amines) is 1. The lowest BCUT2D eigenvalue weighted by Crippen LogP contribution is -2.46. The maximum atomic E-state index is 12.9. The Morgan fingerprint density at radius 2 is 1.90 bits per heavy atom. The molecular weight excluding hydrogens is 266 g/mol. The molecule has 1 heterocycles. The van der Waals surface area contributed by atoms with Gasteiger partial charge < -0.3 is 10.0 Å². The highest BCUT2D eigenvalue weighted by Crippen LogP contribution is 2.33. The molecule has 2 atom stereocenters. The molecule has 0 saturated carbocycles. The van der Waals surface area contributed by atoms with Crippen LogP contribution in [0.1, 0.15) is 38.3 Å². The number of rotatable bonds is 3. The van der Waals surface area contributed by atoms with Crippen LogP contribution in [0.4, 0.5) is 0 Å². The van der Waals surface area contributed by atoms with Crippen molar-refractivity contribution >= 4 is 11.9 Å². The number of carboxylic acids is 1. The van der Waals surface area contributed by atoms with Gasteiger partial charge >= 0.3 is 5.97 Å². The van der Waals surface area contributed by atoms with Crippen molar-refractivity contribution in [3.05, 3.63) is 35.4 Å². The summed E-state index contributed by atoms with van der Waals surface area (Å²) in [5, 5.41) is 9.21. The van der Waals surface area contributed by atoms with Gasteiger partial charge in [0.2, 0.25) is 5.91 Å². The Morgan fingerprint density at radius 3 is 2.43 bits per heavy atom. The smallest absolute Gasteiger partial charge is 0.308 e. The average molecular weight is 289 g/mol. The van der Waals surface area contributed by atoms with Gasteiger partial charge in [-0.1, -0.05) is 24.3 Å². The Balaban J connectivity index is 2.28. The first-order valence-corrected chi connectivity index (χ1v) is 7.36. The fourth-order valence-corrected chi connectivity index (χ4v) is 3.30. The molecule has 0 bridgehead atoms. The number of nitrogens with zero attached hydrogens (tertiary/aromatic N) is 1. The molecule has 1 saturated heterocycles. The predicted molar refractivity (Wildman–Crippen MR) is 81.1 cm³/mol. The summed E-state index contributed by atoms with van der Waals surface area (Å²) in [6.45, 7) is 8.18. The number of hydrogen-bond acceptors (Lipinski definition) is 2. The van der Waals surface area contributed by atoms with Crippen LogP contribution in [0.25, 0.3) is 0 Å². The van der Waals surface area contributed by atoms with Gasteiger partial charge in [0.15, 0.2) is 0 Å². The van der Waals surface area contributed by atoms with Crippen LogP contribution in [0.15, 0.2) is 24.3 Å². The second-order valence-electron chi connectivity index (χ2n) is 6.41. The number of carbonyl (C=O) groups excluding carboxylic acids is 1. The van der Waals surface area contributed by atoms with Crippen molar-refractivity contribution in [1.29, 1.82) is 0 Å². The summed E-state index contributed by atoms with van der Waals surface area (Å²) in [6, 6.07) is 7.61. The number of aliphatic carboxylic acids is 1. The van der Waals surface area contributed by atoms with E-state index in [9.17, 15) is 14.7 Å². The molecule has 4 heteroatoms. The number of hydrogen-bond donors (Lipinski definition) is 1. The summed E-state index contributed by atoms with van der Waals surface area (Å²) in [6.07, 6.45) is 0.534. The normalized spacial score (nSPS) is 22.4.